The third-order valence-electron chi connectivity index (χ3n) is 3.77. The predicted molar refractivity (Wildman–Crippen MR) is 66.5 cm³/mol. The van der Waals surface area contributed by atoms with E-state index in [9.17, 15) is 4.79 Å². The predicted octanol–water partition coefficient (Wildman–Crippen LogP) is 3.46. The molecule has 1 fully saturated rings. The van der Waals surface area contributed by atoms with E-state index in [1.165, 1.54) is 31.6 Å². The summed E-state index contributed by atoms with van der Waals surface area (Å²) in [6.07, 6.45) is 7.53. The monoisotopic (exact) mass is 252 g/mol. The molecule has 2 unspecified atom stereocenters. The Balaban J connectivity index is 1.93. The second-order valence-corrected chi connectivity index (χ2v) is 4.86. The van der Waals surface area contributed by atoms with E-state index in [1.54, 1.807) is 0 Å². The largest absolute Gasteiger partial charge is 0.478 e. The van der Waals surface area contributed by atoms with Crippen LogP contribution in [0, 0.1) is 5.92 Å². The van der Waals surface area contributed by atoms with Crippen molar-refractivity contribution in [1.82, 2.24) is 0 Å². The Hall–Kier alpha value is -1.29. The minimum atomic E-state index is -0.960. The van der Waals surface area contributed by atoms with E-state index in [0.29, 0.717) is 11.7 Å². The molecule has 0 bridgehead atoms. The van der Waals surface area contributed by atoms with Gasteiger partial charge in [-0.2, -0.15) is 0 Å². The topological polar surface area (TPSA) is 59.7 Å². The normalized spacial score (nSPS) is 24.1. The molecule has 0 amide bonds. The molecule has 0 aromatic carbocycles. The maximum atomic E-state index is 10.9. The van der Waals surface area contributed by atoms with Crippen molar-refractivity contribution in [3.63, 3.8) is 0 Å². The van der Waals surface area contributed by atoms with Crippen molar-refractivity contribution < 1.29 is 19.1 Å². The van der Waals surface area contributed by atoms with Crippen LogP contribution in [0.5, 0.6) is 0 Å². The molecule has 100 valence electrons. The highest BCUT2D eigenvalue weighted by Gasteiger charge is 2.25. The lowest BCUT2D eigenvalue weighted by Crippen LogP contribution is -2.27. The van der Waals surface area contributed by atoms with Crippen molar-refractivity contribution in [1.29, 1.82) is 0 Å². The Morgan fingerprint density at radius 3 is 3.00 bits per heavy atom. The van der Waals surface area contributed by atoms with Gasteiger partial charge in [0.05, 0.1) is 12.4 Å². The van der Waals surface area contributed by atoms with Crippen LogP contribution in [0.3, 0.4) is 0 Å². The van der Waals surface area contributed by atoms with E-state index in [1.807, 2.05) is 0 Å². The molecule has 0 aliphatic heterocycles. The minimum Gasteiger partial charge on any atom is -0.478 e. The average Bonchev–Trinajstić information content (AvgIpc) is 2.85. The zero-order chi connectivity index (χ0) is 13.0. The summed E-state index contributed by atoms with van der Waals surface area (Å²) in [6, 6.07) is 1.47. The first kappa shape index (κ1) is 13.1. The van der Waals surface area contributed by atoms with E-state index in [-0.39, 0.29) is 18.3 Å². The molecule has 1 saturated carbocycles. The first-order chi connectivity index (χ1) is 8.72. The highest BCUT2D eigenvalue weighted by Crippen LogP contribution is 2.30. The van der Waals surface area contributed by atoms with Crippen molar-refractivity contribution in [3.05, 3.63) is 23.7 Å². The number of ether oxygens (including phenoxy) is 1. The summed E-state index contributed by atoms with van der Waals surface area (Å²) >= 11 is 0. The second-order valence-electron chi connectivity index (χ2n) is 4.86. The fourth-order valence-electron chi connectivity index (χ4n) is 2.69. The van der Waals surface area contributed by atoms with Crippen molar-refractivity contribution in [2.75, 3.05) is 0 Å². The van der Waals surface area contributed by atoms with Gasteiger partial charge < -0.3 is 14.3 Å². The Kier molecular flexibility index (Phi) is 4.42. The van der Waals surface area contributed by atoms with Gasteiger partial charge in [0.2, 0.25) is 0 Å². The number of carboxylic acid groups (broad SMARTS) is 1. The second kappa shape index (κ2) is 6.05. The smallest absolute Gasteiger partial charge is 0.339 e. The Morgan fingerprint density at radius 1 is 1.50 bits per heavy atom. The molecule has 18 heavy (non-hydrogen) atoms. The summed E-state index contributed by atoms with van der Waals surface area (Å²) in [4.78, 5) is 10.9. The lowest BCUT2D eigenvalue weighted by atomic mass is 9.85. The van der Waals surface area contributed by atoms with Gasteiger partial charge in [-0.3, -0.25) is 0 Å². The van der Waals surface area contributed by atoms with Gasteiger partial charge in [0.15, 0.2) is 0 Å². The molecule has 1 N–H and O–H groups in total. The molecular weight excluding hydrogens is 232 g/mol. The van der Waals surface area contributed by atoms with Gasteiger partial charge in [0.25, 0.3) is 0 Å². The average molecular weight is 252 g/mol. The van der Waals surface area contributed by atoms with Crippen LogP contribution in [-0.2, 0) is 11.3 Å². The molecule has 0 spiro atoms. The number of rotatable bonds is 5. The number of hydrogen-bond acceptors (Lipinski definition) is 3. The fraction of sp³-hybridized carbons (Fsp3) is 0.643. The third kappa shape index (κ3) is 2.93. The Labute approximate surface area is 107 Å². The molecule has 1 aliphatic carbocycles. The number of carbonyl (C=O) groups is 1. The van der Waals surface area contributed by atoms with Crippen LogP contribution >= 0.6 is 0 Å². The molecular formula is C14H20O4. The number of furan rings is 1. The van der Waals surface area contributed by atoms with Crippen LogP contribution in [0.2, 0.25) is 0 Å². The van der Waals surface area contributed by atoms with Gasteiger partial charge in [0, 0.05) is 0 Å². The zero-order valence-corrected chi connectivity index (χ0v) is 10.7. The first-order valence-electron chi connectivity index (χ1n) is 6.63. The van der Waals surface area contributed by atoms with Crippen LogP contribution < -0.4 is 0 Å². The summed E-state index contributed by atoms with van der Waals surface area (Å²) in [5.74, 6) is 0.0583. The minimum absolute atomic E-state index is 0.207. The van der Waals surface area contributed by atoms with Crippen LogP contribution in [0.25, 0.3) is 0 Å². The molecule has 0 radical (unpaired) electrons. The van der Waals surface area contributed by atoms with E-state index in [2.05, 4.69) is 6.92 Å². The van der Waals surface area contributed by atoms with Crippen molar-refractivity contribution in [2.24, 2.45) is 5.92 Å². The maximum absolute atomic E-state index is 10.9. The summed E-state index contributed by atoms with van der Waals surface area (Å²) in [7, 11) is 0. The maximum Gasteiger partial charge on any atom is 0.339 e. The van der Waals surface area contributed by atoms with Crippen LogP contribution in [0.1, 0.15) is 55.1 Å². The van der Waals surface area contributed by atoms with Gasteiger partial charge in [-0.1, -0.05) is 26.2 Å². The Bertz CT molecular complexity index is 396. The first-order valence-corrected chi connectivity index (χ1v) is 6.63. The van der Waals surface area contributed by atoms with Crippen LogP contribution in [0.4, 0.5) is 0 Å². The highest BCUT2D eigenvalue weighted by molar-refractivity contribution is 5.88. The van der Waals surface area contributed by atoms with E-state index >= 15 is 0 Å². The van der Waals surface area contributed by atoms with Gasteiger partial charge in [-0.25, -0.2) is 4.79 Å². The molecule has 1 aromatic rings. The summed E-state index contributed by atoms with van der Waals surface area (Å²) in [5.41, 5.74) is 0.207. The van der Waals surface area contributed by atoms with Gasteiger partial charge in [-0.15, -0.1) is 0 Å². The molecule has 2 rings (SSSR count). The molecule has 4 nitrogen and oxygen atoms in total. The van der Waals surface area contributed by atoms with E-state index in [4.69, 9.17) is 14.3 Å². The molecule has 1 heterocycles. The third-order valence-corrected chi connectivity index (χ3v) is 3.77. The number of hydrogen-bond donors (Lipinski definition) is 1. The highest BCUT2D eigenvalue weighted by atomic mass is 16.5. The molecule has 4 heteroatoms. The van der Waals surface area contributed by atoms with Crippen LogP contribution in [0.15, 0.2) is 16.7 Å². The van der Waals surface area contributed by atoms with E-state index in [0.717, 1.165) is 12.8 Å². The van der Waals surface area contributed by atoms with Crippen molar-refractivity contribution in [3.8, 4) is 0 Å². The van der Waals surface area contributed by atoms with E-state index < -0.39 is 5.97 Å². The summed E-state index contributed by atoms with van der Waals surface area (Å²) in [6.45, 7) is 2.44. The van der Waals surface area contributed by atoms with Gasteiger partial charge >= 0.3 is 5.97 Å². The lowest BCUT2D eigenvalue weighted by molar-refractivity contribution is -0.0287. The molecule has 0 saturated heterocycles. The standard InChI is InChI=1S/C14H20O4/c1-2-10-5-3-4-6-12(10)18-9-13-11(14(15)16)7-8-17-13/h7-8,10,12H,2-6,9H2,1H3,(H,15,16). The van der Waals surface area contributed by atoms with Crippen molar-refractivity contribution in [2.45, 2.75) is 51.7 Å². The zero-order valence-electron chi connectivity index (χ0n) is 10.7. The quantitative estimate of drug-likeness (QED) is 0.871. The Morgan fingerprint density at radius 2 is 2.28 bits per heavy atom. The van der Waals surface area contributed by atoms with Crippen molar-refractivity contribution >= 4 is 5.97 Å². The summed E-state index contributed by atoms with van der Waals surface area (Å²) in [5, 5.41) is 8.97. The number of aromatic carboxylic acids is 1. The molecule has 1 aliphatic rings. The number of carboxylic acids is 1. The molecule has 2 atom stereocenters. The van der Waals surface area contributed by atoms with Gasteiger partial charge in [0.1, 0.15) is 17.9 Å². The summed E-state index contributed by atoms with van der Waals surface area (Å²) < 4.78 is 11.0. The fourth-order valence-corrected chi connectivity index (χ4v) is 2.69. The molecule has 1 aromatic heterocycles. The lowest BCUT2D eigenvalue weighted by Gasteiger charge is -2.30. The van der Waals surface area contributed by atoms with Crippen LogP contribution in [-0.4, -0.2) is 17.2 Å². The van der Waals surface area contributed by atoms with Gasteiger partial charge in [-0.05, 0) is 24.8 Å². The SMILES string of the molecule is CCC1CCCCC1OCc1occc1C(=O)O.